The Balaban J connectivity index is 1.90. The van der Waals surface area contributed by atoms with Crippen molar-refractivity contribution in [3.63, 3.8) is 0 Å². The van der Waals surface area contributed by atoms with Crippen LogP contribution in [0.5, 0.6) is 0 Å². The van der Waals surface area contributed by atoms with E-state index in [9.17, 15) is 4.79 Å². The van der Waals surface area contributed by atoms with Gasteiger partial charge in [0.1, 0.15) is 11.3 Å². The van der Waals surface area contributed by atoms with Crippen molar-refractivity contribution >= 4 is 23.1 Å². The number of nitrogens with two attached hydrogens (primary N) is 1. The summed E-state index contributed by atoms with van der Waals surface area (Å²) in [5, 5.41) is 6.44. The molecule has 2 aromatic carbocycles. The van der Waals surface area contributed by atoms with E-state index in [4.69, 9.17) is 5.73 Å². The molecule has 0 spiro atoms. The molecule has 0 fully saturated rings. The summed E-state index contributed by atoms with van der Waals surface area (Å²) >= 11 is 0. The zero-order valence-electron chi connectivity index (χ0n) is 13.7. The fourth-order valence-corrected chi connectivity index (χ4v) is 2.79. The van der Waals surface area contributed by atoms with Crippen LogP contribution < -0.4 is 11.1 Å². The smallest absolute Gasteiger partial charge is 0.254 e. The second kappa shape index (κ2) is 5.83. The van der Waals surface area contributed by atoms with E-state index in [0.29, 0.717) is 11.2 Å². The molecule has 4 aromatic rings. The van der Waals surface area contributed by atoms with Crippen LogP contribution in [0.4, 0.5) is 11.5 Å². The third-order valence-corrected chi connectivity index (χ3v) is 4.08. The standard InChI is InChI=1S/C19H17N5O/c1-12-7-9-14(10-8-12)22-19-16(13-5-3-2-4-6-13)23-18-15(17(20)25)11-21-24(18)19/h2-11,21-22H,1H3,(H2,20,25). The van der Waals surface area contributed by atoms with E-state index < -0.39 is 5.91 Å². The average Bonchev–Trinajstić information content (AvgIpc) is 3.18. The highest BCUT2D eigenvalue weighted by molar-refractivity contribution is 5.99. The summed E-state index contributed by atoms with van der Waals surface area (Å²) < 4.78 is 1.74. The van der Waals surface area contributed by atoms with Crippen LogP contribution in [0.1, 0.15) is 15.9 Å². The number of aryl methyl sites for hydroxylation is 1. The fraction of sp³-hybridized carbons (Fsp3) is 0.0526. The molecule has 0 aliphatic rings. The number of benzene rings is 2. The third-order valence-electron chi connectivity index (χ3n) is 4.08. The Kier molecular flexibility index (Phi) is 3.50. The van der Waals surface area contributed by atoms with Crippen molar-refractivity contribution in [2.45, 2.75) is 6.92 Å². The molecule has 4 N–H and O–H groups in total. The lowest BCUT2D eigenvalue weighted by Crippen LogP contribution is -2.10. The van der Waals surface area contributed by atoms with E-state index in [2.05, 4.69) is 15.4 Å². The van der Waals surface area contributed by atoms with Gasteiger partial charge < -0.3 is 11.1 Å². The van der Waals surface area contributed by atoms with Crippen LogP contribution in [-0.4, -0.2) is 20.5 Å². The first kappa shape index (κ1) is 15.0. The summed E-state index contributed by atoms with van der Waals surface area (Å²) in [6.45, 7) is 2.04. The topological polar surface area (TPSA) is 88.2 Å². The molecule has 124 valence electrons. The molecule has 6 heteroatoms. The van der Waals surface area contributed by atoms with Gasteiger partial charge in [0.05, 0.1) is 0 Å². The largest absolute Gasteiger partial charge is 0.365 e. The van der Waals surface area contributed by atoms with Crippen LogP contribution in [0, 0.1) is 6.92 Å². The highest BCUT2D eigenvalue weighted by atomic mass is 16.1. The Hall–Kier alpha value is -3.54. The van der Waals surface area contributed by atoms with Gasteiger partial charge in [-0.25, -0.2) is 9.50 Å². The number of imidazole rings is 1. The molecular formula is C19H17N5O. The zero-order chi connectivity index (χ0) is 17.4. The summed E-state index contributed by atoms with van der Waals surface area (Å²) in [7, 11) is 0. The quantitative estimate of drug-likeness (QED) is 0.535. The molecule has 2 aromatic heterocycles. The highest BCUT2D eigenvalue weighted by Gasteiger charge is 2.20. The Morgan fingerprint density at radius 2 is 1.84 bits per heavy atom. The Bertz CT molecular complexity index is 1040. The predicted octanol–water partition coefficient (Wildman–Crippen LogP) is 3.48. The molecule has 0 atom stereocenters. The second-order valence-electron chi connectivity index (χ2n) is 5.88. The fourth-order valence-electron chi connectivity index (χ4n) is 2.79. The molecule has 0 aliphatic carbocycles. The number of aromatic amines is 1. The predicted molar refractivity (Wildman–Crippen MR) is 98.0 cm³/mol. The Morgan fingerprint density at radius 1 is 1.12 bits per heavy atom. The maximum absolute atomic E-state index is 11.7. The van der Waals surface area contributed by atoms with Crippen LogP contribution in [0.3, 0.4) is 0 Å². The molecule has 4 rings (SSSR count). The molecule has 0 bridgehead atoms. The number of nitrogens with zero attached hydrogens (tertiary/aromatic N) is 2. The molecule has 2 heterocycles. The first-order chi connectivity index (χ1) is 12.1. The van der Waals surface area contributed by atoms with Crippen molar-refractivity contribution in [2.75, 3.05) is 5.32 Å². The van der Waals surface area contributed by atoms with E-state index in [0.717, 1.165) is 22.8 Å². The number of fused-ring (bicyclic) bond motifs is 1. The van der Waals surface area contributed by atoms with E-state index in [1.165, 1.54) is 5.56 Å². The number of primary amides is 1. The number of H-pyrrole nitrogens is 1. The van der Waals surface area contributed by atoms with Crippen molar-refractivity contribution in [3.05, 3.63) is 71.9 Å². The number of hydrogen-bond acceptors (Lipinski definition) is 3. The molecule has 1 amide bonds. The lowest BCUT2D eigenvalue weighted by atomic mass is 10.1. The molecule has 6 nitrogen and oxygen atoms in total. The van der Waals surface area contributed by atoms with Crippen molar-refractivity contribution in [2.24, 2.45) is 5.73 Å². The molecule has 0 saturated heterocycles. The van der Waals surface area contributed by atoms with Crippen molar-refractivity contribution in [1.29, 1.82) is 0 Å². The molecule has 0 radical (unpaired) electrons. The van der Waals surface area contributed by atoms with Crippen LogP contribution in [-0.2, 0) is 0 Å². The lowest BCUT2D eigenvalue weighted by molar-refractivity contribution is 0.100. The van der Waals surface area contributed by atoms with E-state index in [-0.39, 0.29) is 0 Å². The zero-order valence-corrected chi connectivity index (χ0v) is 13.7. The minimum absolute atomic E-state index is 0.356. The molecule has 0 saturated carbocycles. The number of nitrogens with one attached hydrogen (secondary N) is 2. The summed E-state index contributed by atoms with van der Waals surface area (Å²) in [6, 6.07) is 17.9. The van der Waals surface area contributed by atoms with Crippen molar-refractivity contribution < 1.29 is 4.79 Å². The molecular weight excluding hydrogens is 314 g/mol. The second-order valence-corrected chi connectivity index (χ2v) is 5.88. The van der Waals surface area contributed by atoms with Gasteiger partial charge in [-0.15, -0.1) is 0 Å². The number of carbonyl (C=O) groups is 1. The minimum Gasteiger partial charge on any atom is -0.365 e. The van der Waals surface area contributed by atoms with Gasteiger partial charge >= 0.3 is 0 Å². The third kappa shape index (κ3) is 2.63. The average molecular weight is 331 g/mol. The maximum Gasteiger partial charge on any atom is 0.254 e. The first-order valence-electron chi connectivity index (χ1n) is 7.92. The van der Waals surface area contributed by atoms with Gasteiger partial charge in [-0.3, -0.25) is 9.89 Å². The normalized spacial score (nSPS) is 10.9. The summed E-state index contributed by atoms with van der Waals surface area (Å²) in [5.41, 5.74) is 10.1. The monoisotopic (exact) mass is 331 g/mol. The molecule has 25 heavy (non-hydrogen) atoms. The first-order valence-corrected chi connectivity index (χ1v) is 7.92. The molecule has 0 aliphatic heterocycles. The number of rotatable bonds is 4. The summed E-state index contributed by atoms with van der Waals surface area (Å²) in [5.74, 6) is 0.232. The van der Waals surface area contributed by atoms with Gasteiger partial charge in [0.25, 0.3) is 5.91 Å². The molecule has 0 unspecified atom stereocenters. The summed E-state index contributed by atoms with van der Waals surface area (Å²) in [6.07, 6.45) is 1.57. The SMILES string of the molecule is Cc1ccc(Nc2c(-c3ccccc3)nc3c(C(N)=O)c[nH]n23)cc1. The number of hydrogen-bond donors (Lipinski definition) is 3. The van der Waals surface area contributed by atoms with Crippen molar-refractivity contribution in [3.8, 4) is 11.3 Å². The number of amides is 1. The van der Waals surface area contributed by atoms with E-state index in [1.54, 1.807) is 10.7 Å². The number of carbonyl (C=O) groups excluding carboxylic acids is 1. The lowest BCUT2D eigenvalue weighted by Gasteiger charge is -2.08. The number of anilines is 2. The van der Waals surface area contributed by atoms with Crippen LogP contribution in [0.25, 0.3) is 16.9 Å². The van der Waals surface area contributed by atoms with Crippen molar-refractivity contribution in [1.82, 2.24) is 14.6 Å². The Labute approximate surface area is 144 Å². The van der Waals surface area contributed by atoms with Gasteiger partial charge in [-0.05, 0) is 19.1 Å². The van der Waals surface area contributed by atoms with Gasteiger partial charge in [-0.2, -0.15) is 0 Å². The van der Waals surface area contributed by atoms with Gasteiger partial charge in [0, 0.05) is 17.4 Å². The minimum atomic E-state index is -0.516. The van der Waals surface area contributed by atoms with Gasteiger partial charge in [0.15, 0.2) is 11.5 Å². The number of aromatic nitrogens is 3. The van der Waals surface area contributed by atoms with E-state index in [1.807, 2.05) is 61.5 Å². The summed E-state index contributed by atoms with van der Waals surface area (Å²) in [4.78, 5) is 16.3. The highest BCUT2D eigenvalue weighted by Crippen LogP contribution is 2.31. The van der Waals surface area contributed by atoms with Crippen LogP contribution in [0.15, 0.2) is 60.8 Å². The van der Waals surface area contributed by atoms with Gasteiger partial charge in [-0.1, -0.05) is 48.0 Å². The Morgan fingerprint density at radius 3 is 2.52 bits per heavy atom. The van der Waals surface area contributed by atoms with Crippen LogP contribution >= 0.6 is 0 Å². The van der Waals surface area contributed by atoms with Gasteiger partial charge in [0.2, 0.25) is 0 Å². The maximum atomic E-state index is 11.7. The van der Waals surface area contributed by atoms with E-state index >= 15 is 0 Å². The van der Waals surface area contributed by atoms with Crippen LogP contribution in [0.2, 0.25) is 0 Å².